The van der Waals surface area contributed by atoms with Crippen molar-refractivity contribution >= 4 is 5.97 Å². The summed E-state index contributed by atoms with van der Waals surface area (Å²) in [7, 11) is 0. The van der Waals surface area contributed by atoms with Crippen molar-refractivity contribution in [1.29, 1.82) is 0 Å². The highest BCUT2D eigenvalue weighted by Gasteiger charge is 2.46. The van der Waals surface area contributed by atoms with Gasteiger partial charge in [0, 0.05) is 5.57 Å². The van der Waals surface area contributed by atoms with Crippen molar-refractivity contribution in [1.82, 2.24) is 0 Å². The van der Waals surface area contributed by atoms with Crippen LogP contribution in [0, 0.1) is 0 Å². The van der Waals surface area contributed by atoms with Gasteiger partial charge in [-0.05, 0) is 25.8 Å². The molecule has 7 heteroatoms. The van der Waals surface area contributed by atoms with E-state index in [-0.39, 0.29) is 24.7 Å². The van der Waals surface area contributed by atoms with Gasteiger partial charge >= 0.3 is 5.97 Å². The Kier molecular flexibility index (Phi) is 5.08. The van der Waals surface area contributed by atoms with E-state index in [0.29, 0.717) is 0 Å². The van der Waals surface area contributed by atoms with Gasteiger partial charge in [0.05, 0.1) is 6.61 Å². The third-order valence-corrected chi connectivity index (χ3v) is 2.72. The molecule has 0 aromatic carbocycles. The molecule has 1 aliphatic carbocycles. The van der Waals surface area contributed by atoms with Crippen LogP contribution in [-0.2, 0) is 9.53 Å². The molecule has 0 radical (unpaired) electrons. The van der Waals surface area contributed by atoms with Crippen LogP contribution in [0.1, 0.15) is 19.8 Å². The van der Waals surface area contributed by atoms with Gasteiger partial charge in [0.2, 0.25) is 0 Å². The minimum absolute atomic E-state index is 0.0661. The largest absolute Gasteiger partial charge is 0.462 e. The monoisotopic (exact) mass is 296 g/mol. The van der Waals surface area contributed by atoms with Crippen LogP contribution in [-0.4, -0.2) is 24.4 Å². The topological polar surface area (TPSA) is 26.3 Å². The van der Waals surface area contributed by atoms with Crippen molar-refractivity contribution in [3.05, 3.63) is 35.7 Å². The van der Waals surface area contributed by atoms with E-state index in [0.717, 1.165) is 0 Å². The summed E-state index contributed by atoms with van der Waals surface area (Å²) < 4.78 is 70.7. The van der Waals surface area contributed by atoms with Gasteiger partial charge in [0.1, 0.15) is 0 Å². The lowest BCUT2D eigenvalue weighted by Crippen LogP contribution is -2.36. The van der Waals surface area contributed by atoms with Crippen LogP contribution in [0.2, 0.25) is 0 Å². The molecule has 0 N–H and O–H groups in total. The van der Waals surface area contributed by atoms with Crippen LogP contribution in [0.25, 0.3) is 0 Å². The Morgan fingerprint density at radius 3 is 2.60 bits per heavy atom. The SMILES string of the molecule is C=C(C)C(=O)OCCCC1(F)C=C(F)C(F)=C(F)C1F. The second-order valence-electron chi connectivity index (χ2n) is 4.46. The number of ether oxygens (including phenoxy) is 1. The highest BCUT2D eigenvalue weighted by atomic mass is 19.2. The summed E-state index contributed by atoms with van der Waals surface area (Å²) in [6, 6.07) is 0. The molecule has 0 aromatic rings. The van der Waals surface area contributed by atoms with Gasteiger partial charge in [-0.3, -0.25) is 0 Å². The fourth-order valence-corrected chi connectivity index (χ4v) is 1.61. The average Bonchev–Trinajstić information content (AvgIpc) is 2.39. The Balaban J connectivity index is 2.60. The number of allylic oxidation sites excluding steroid dienone is 4. The molecule has 20 heavy (non-hydrogen) atoms. The first-order chi connectivity index (χ1) is 9.19. The number of carbonyl (C=O) groups is 1. The quantitative estimate of drug-likeness (QED) is 0.332. The Morgan fingerprint density at radius 1 is 1.45 bits per heavy atom. The molecule has 112 valence electrons. The fourth-order valence-electron chi connectivity index (χ4n) is 1.61. The highest BCUT2D eigenvalue weighted by Crippen LogP contribution is 2.41. The van der Waals surface area contributed by atoms with E-state index in [1.165, 1.54) is 6.92 Å². The smallest absolute Gasteiger partial charge is 0.333 e. The van der Waals surface area contributed by atoms with Gasteiger partial charge in [0.25, 0.3) is 0 Å². The molecule has 0 aromatic heterocycles. The van der Waals surface area contributed by atoms with Crippen molar-refractivity contribution in [2.75, 3.05) is 6.61 Å². The number of halogens is 5. The molecular weight excluding hydrogens is 283 g/mol. The minimum Gasteiger partial charge on any atom is -0.462 e. The lowest BCUT2D eigenvalue weighted by Gasteiger charge is -2.27. The van der Waals surface area contributed by atoms with Crippen molar-refractivity contribution in [3.8, 4) is 0 Å². The molecule has 2 atom stereocenters. The summed E-state index contributed by atoms with van der Waals surface area (Å²) in [4.78, 5) is 11.0. The summed E-state index contributed by atoms with van der Waals surface area (Å²) in [5.41, 5.74) is -2.87. The van der Waals surface area contributed by atoms with Gasteiger partial charge in [0.15, 0.2) is 29.3 Å². The third-order valence-electron chi connectivity index (χ3n) is 2.72. The Morgan fingerprint density at radius 2 is 2.05 bits per heavy atom. The molecular formula is C13H13F5O2. The molecule has 0 fully saturated rings. The highest BCUT2D eigenvalue weighted by molar-refractivity contribution is 5.86. The van der Waals surface area contributed by atoms with E-state index in [1.807, 2.05) is 0 Å². The number of hydrogen-bond acceptors (Lipinski definition) is 2. The average molecular weight is 296 g/mol. The van der Waals surface area contributed by atoms with Crippen LogP contribution < -0.4 is 0 Å². The lowest BCUT2D eigenvalue weighted by molar-refractivity contribution is -0.139. The van der Waals surface area contributed by atoms with Crippen LogP contribution in [0.4, 0.5) is 22.0 Å². The van der Waals surface area contributed by atoms with Gasteiger partial charge in [-0.1, -0.05) is 6.58 Å². The Bertz CT molecular complexity index is 483. The normalized spacial score (nSPS) is 26.3. The zero-order valence-electron chi connectivity index (χ0n) is 10.7. The van der Waals surface area contributed by atoms with Crippen LogP contribution in [0.5, 0.6) is 0 Å². The number of rotatable bonds is 5. The molecule has 0 aliphatic heterocycles. The van der Waals surface area contributed by atoms with Crippen LogP contribution >= 0.6 is 0 Å². The summed E-state index contributed by atoms with van der Waals surface area (Å²) in [6.45, 7) is 4.44. The number of hydrogen-bond donors (Lipinski definition) is 0. The van der Waals surface area contributed by atoms with E-state index in [2.05, 4.69) is 11.3 Å². The van der Waals surface area contributed by atoms with Gasteiger partial charge in [-0.15, -0.1) is 0 Å². The molecule has 2 unspecified atom stereocenters. The van der Waals surface area contributed by atoms with E-state index in [1.54, 1.807) is 0 Å². The number of alkyl halides is 2. The minimum atomic E-state index is -3.00. The van der Waals surface area contributed by atoms with E-state index < -0.39 is 41.7 Å². The first-order valence-electron chi connectivity index (χ1n) is 5.78. The second kappa shape index (κ2) is 6.19. The molecule has 0 saturated carbocycles. The number of carbonyl (C=O) groups excluding carboxylic acids is 1. The van der Waals surface area contributed by atoms with Crippen molar-refractivity contribution in [2.24, 2.45) is 0 Å². The first-order valence-corrected chi connectivity index (χ1v) is 5.78. The zero-order chi connectivity index (χ0) is 15.5. The summed E-state index contributed by atoms with van der Waals surface area (Å²) in [5, 5.41) is 0. The molecule has 0 amide bonds. The molecule has 1 aliphatic rings. The first kappa shape index (κ1) is 16.4. The molecule has 1 rings (SSSR count). The maximum Gasteiger partial charge on any atom is 0.333 e. The Labute approximate surface area is 112 Å². The molecule has 0 bridgehead atoms. The molecule has 0 heterocycles. The lowest BCUT2D eigenvalue weighted by atomic mass is 9.89. The maximum atomic E-state index is 14.0. The van der Waals surface area contributed by atoms with Crippen molar-refractivity contribution in [2.45, 2.75) is 31.6 Å². The standard InChI is InChI=1S/C13H13F5O2/c1-7(2)12(19)20-5-3-4-13(18)6-8(14)9(15)10(16)11(13)17/h6,11H,1,3-5H2,2H3. The van der Waals surface area contributed by atoms with Crippen molar-refractivity contribution in [3.63, 3.8) is 0 Å². The van der Waals surface area contributed by atoms with Gasteiger partial charge < -0.3 is 4.74 Å². The molecule has 0 saturated heterocycles. The van der Waals surface area contributed by atoms with Gasteiger partial charge in [-0.25, -0.2) is 26.7 Å². The van der Waals surface area contributed by atoms with E-state index >= 15 is 0 Å². The summed E-state index contributed by atoms with van der Waals surface area (Å²) in [5.74, 6) is -6.62. The molecule has 2 nitrogen and oxygen atoms in total. The fraction of sp³-hybridized carbons (Fsp3) is 0.462. The van der Waals surface area contributed by atoms with E-state index in [4.69, 9.17) is 0 Å². The van der Waals surface area contributed by atoms with Crippen molar-refractivity contribution < 1.29 is 31.5 Å². The maximum absolute atomic E-state index is 14.0. The third kappa shape index (κ3) is 3.46. The van der Waals surface area contributed by atoms with E-state index in [9.17, 15) is 26.7 Å². The van der Waals surface area contributed by atoms with Crippen LogP contribution in [0.3, 0.4) is 0 Å². The second-order valence-corrected chi connectivity index (χ2v) is 4.46. The molecule has 0 spiro atoms. The summed E-state index contributed by atoms with van der Waals surface area (Å²) in [6.07, 6.45) is -3.70. The Hall–Kier alpha value is -1.66. The zero-order valence-corrected chi connectivity index (χ0v) is 10.7. The van der Waals surface area contributed by atoms with Crippen LogP contribution in [0.15, 0.2) is 35.7 Å². The number of esters is 1. The summed E-state index contributed by atoms with van der Waals surface area (Å²) >= 11 is 0. The van der Waals surface area contributed by atoms with Gasteiger partial charge in [-0.2, -0.15) is 0 Å². The predicted molar refractivity (Wildman–Crippen MR) is 62.2 cm³/mol. The predicted octanol–water partition coefficient (Wildman–Crippen LogP) is 3.95.